The van der Waals surface area contributed by atoms with Gasteiger partial charge in [-0.05, 0) is 56.0 Å². The van der Waals surface area contributed by atoms with Crippen LogP contribution in [0.15, 0.2) is 18.2 Å². The Labute approximate surface area is 109 Å². The average Bonchev–Trinajstić information content (AvgIpc) is 2.39. The van der Waals surface area contributed by atoms with Gasteiger partial charge in [0.15, 0.2) is 11.5 Å². The molecule has 18 heavy (non-hydrogen) atoms. The summed E-state index contributed by atoms with van der Waals surface area (Å²) < 4.78 is 5.09. The predicted molar refractivity (Wildman–Crippen MR) is 73.4 cm³/mol. The third kappa shape index (κ3) is 2.96. The van der Waals surface area contributed by atoms with Crippen LogP contribution in [-0.2, 0) is 0 Å². The van der Waals surface area contributed by atoms with Gasteiger partial charge >= 0.3 is 0 Å². The molecule has 3 heteroatoms. The van der Waals surface area contributed by atoms with Gasteiger partial charge in [0.2, 0.25) is 0 Å². The summed E-state index contributed by atoms with van der Waals surface area (Å²) >= 11 is 0. The van der Waals surface area contributed by atoms with Crippen LogP contribution < -0.4 is 4.74 Å². The van der Waals surface area contributed by atoms with Gasteiger partial charge in [0.25, 0.3) is 0 Å². The fraction of sp³-hybridized carbons (Fsp3) is 0.600. The van der Waals surface area contributed by atoms with Crippen LogP contribution in [0.4, 0.5) is 0 Å². The minimum absolute atomic E-state index is 0.252. The monoisotopic (exact) mass is 249 g/mol. The molecule has 0 radical (unpaired) electrons. The van der Waals surface area contributed by atoms with Crippen LogP contribution in [0.1, 0.15) is 37.7 Å². The molecule has 1 aliphatic rings. The lowest BCUT2D eigenvalue weighted by Gasteiger charge is -2.32. The predicted octanol–water partition coefficient (Wildman–Crippen LogP) is 2.99. The van der Waals surface area contributed by atoms with Crippen LogP contribution in [0.3, 0.4) is 0 Å². The number of phenols is 1. The molecule has 1 unspecified atom stereocenters. The van der Waals surface area contributed by atoms with Crippen molar-refractivity contribution in [2.45, 2.75) is 32.1 Å². The topological polar surface area (TPSA) is 32.7 Å². The van der Waals surface area contributed by atoms with Crippen molar-refractivity contribution in [2.24, 2.45) is 0 Å². The first-order valence-electron chi connectivity index (χ1n) is 6.83. The lowest BCUT2D eigenvalue weighted by atomic mass is 9.90. The molecule has 1 N–H and O–H groups in total. The van der Waals surface area contributed by atoms with Gasteiger partial charge in [0, 0.05) is 6.54 Å². The van der Waals surface area contributed by atoms with Crippen LogP contribution in [0, 0.1) is 0 Å². The second-order valence-electron chi connectivity index (χ2n) is 5.07. The highest BCUT2D eigenvalue weighted by Gasteiger charge is 2.21. The molecule has 2 rings (SSSR count). The Bertz CT molecular complexity index is 390. The number of hydrogen-bond donors (Lipinski definition) is 1. The Morgan fingerprint density at radius 3 is 2.94 bits per heavy atom. The molecule has 1 aliphatic heterocycles. The molecule has 0 spiro atoms. The number of aromatic hydroxyl groups is 1. The van der Waals surface area contributed by atoms with Crippen LogP contribution >= 0.6 is 0 Å². The first kappa shape index (κ1) is 13.2. The standard InChI is InChI=1S/C15H23NO2/c1-3-8-16-9-4-5-13(11-16)12-6-7-15(18-2)14(17)10-12/h6-7,10,13,17H,3-5,8-9,11H2,1-2H3. The van der Waals surface area contributed by atoms with E-state index in [1.165, 1.54) is 37.9 Å². The average molecular weight is 249 g/mol. The van der Waals surface area contributed by atoms with E-state index in [1.807, 2.05) is 12.1 Å². The molecular weight excluding hydrogens is 226 g/mol. The van der Waals surface area contributed by atoms with Crippen molar-refractivity contribution >= 4 is 0 Å². The smallest absolute Gasteiger partial charge is 0.160 e. The largest absolute Gasteiger partial charge is 0.504 e. The molecule has 0 saturated carbocycles. The summed E-state index contributed by atoms with van der Waals surface area (Å²) in [5.41, 5.74) is 1.23. The quantitative estimate of drug-likeness (QED) is 0.890. The van der Waals surface area contributed by atoms with Gasteiger partial charge in [0.05, 0.1) is 7.11 Å². The number of likely N-dealkylation sites (tertiary alicyclic amines) is 1. The Balaban J connectivity index is 2.08. The third-order valence-electron chi connectivity index (χ3n) is 3.72. The van der Waals surface area contributed by atoms with Crippen molar-refractivity contribution in [1.29, 1.82) is 0 Å². The zero-order valence-electron chi connectivity index (χ0n) is 11.4. The zero-order valence-corrected chi connectivity index (χ0v) is 11.4. The minimum Gasteiger partial charge on any atom is -0.504 e. The fourth-order valence-corrected chi connectivity index (χ4v) is 2.81. The van der Waals surface area contributed by atoms with Crippen LogP contribution in [-0.4, -0.2) is 36.8 Å². The number of ether oxygens (including phenoxy) is 1. The van der Waals surface area contributed by atoms with Gasteiger partial charge in [-0.2, -0.15) is 0 Å². The van der Waals surface area contributed by atoms with E-state index in [9.17, 15) is 5.11 Å². The highest BCUT2D eigenvalue weighted by molar-refractivity contribution is 5.42. The molecule has 0 aromatic heterocycles. The Morgan fingerprint density at radius 2 is 2.28 bits per heavy atom. The highest BCUT2D eigenvalue weighted by Crippen LogP contribution is 2.33. The van der Waals surface area contributed by atoms with Gasteiger partial charge in [-0.25, -0.2) is 0 Å². The summed E-state index contributed by atoms with van der Waals surface area (Å²) in [4.78, 5) is 2.52. The maximum atomic E-state index is 9.85. The summed E-state index contributed by atoms with van der Waals surface area (Å²) in [7, 11) is 1.58. The van der Waals surface area contributed by atoms with Gasteiger partial charge in [-0.15, -0.1) is 0 Å². The van der Waals surface area contributed by atoms with E-state index in [1.54, 1.807) is 7.11 Å². The Kier molecular flexibility index (Phi) is 4.48. The maximum absolute atomic E-state index is 9.85. The summed E-state index contributed by atoms with van der Waals surface area (Å²) in [5.74, 6) is 1.35. The van der Waals surface area contributed by atoms with Crippen molar-refractivity contribution in [2.75, 3.05) is 26.7 Å². The van der Waals surface area contributed by atoms with E-state index in [0.717, 1.165) is 6.54 Å². The number of methoxy groups -OCH3 is 1. The summed E-state index contributed by atoms with van der Waals surface area (Å²) in [5, 5.41) is 9.85. The molecule has 1 saturated heterocycles. The van der Waals surface area contributed by atoms with Gasteiger partial charge < -0.3 is 14.7 Å². The molecular formula is C15H23NO2. The van der Waals surface area contributed by atoms with Crippen molar-refractivity contribution in [3.63, 3.8) is 0 Å². The molecule has 1 heterocycles. The SMILES string of the molecule is CCCN1CCCC(c2ccc(OC)c(O)c2)C1. The van der Waals surface area contributed by atoms with E-state index in [4.69, 9.17) is 4.74 Å². The second kappa shape index (κ2) is 6.10. The number of piperidine rings is 1. The first-order valence-corrected chi connectivity index (χ1v) is 6.83. The normalized spacial score (nSPS) is 20.9. The fourth-order valence-electron chi connectivity index (χ4n) is 2.81. The molecule has 1 fully saturated rings. The summed E-state index contributed by atoms with van der Waals surface area (Å²) in [6.45, 7) is 5.73. The maximum Gasteiger partial charge on any atom is 0.160 e. The number of benzene rings is 1. The molecule has 0 aliphatic carbocycles. The zero-order chi connectivity index (χ0) is 13.0. The summed E-state index contributed by atoms with van der Waals surface area (Å²) in [6, 6.07) is 5.81. The van der Waals surface area contributed by atoms with E-state index in [0.29, 0.717) is 11.7 Å². The lowest BCUT2D eigenvalue weighted by Crippen LogP contribution is -2.34. The minimum atomic E-state index is 0.252. The molecule has 0 amide bonds. The van der Waals surface area contributed by atoms with E-state index < -0.39 is 0 Å². The third-order valence-corrected chi connectivity index (χ3v) is 3.72. The van der Waals surface area contributed by atoms with Crippen molar-refractivity contribution in [1.82, 2.24) is 4.90 Å². The van der Waals surface area contributed by atoms with Crippen LogP contribution in [0.5, 0.6) is 11.5 Å². The molecule has 3 nitrogen and oxygen atoms in total. The summed E-state index contributed by atoms with van der Waals surface area (Å²) in [6.07, 6.45) is 3.67. The highest BCUT2D eigenvalue weighted by atomic mass is 16.5. The van der Waals surface area contributed by atoms with Gasteiger partial charge in [-0.1, -0.05) is 13.0 Å². The van der Waals surface area contributed by atoms with E-state index in [-0.39, 0.29) is 5.75 Å². The van der Waals surface area contributed by atoms with Gasteiger partial charge in [0.1, 0.15) is 0 Å². The van der Waals surface area contributed by atoms with E-state index >= 15 is 0 Å². The molecule has 1 aromatic rings. The van der Waals surface area contributed by atoms with Crippen LogP contribution in [0.2, 0.25) is 0 Å². The number of hydrogen-bond acceptors (Lipinski definition) is 3. The van der Waals surface area contributed by atoms with E-state index in [2.05, 4.69) is 17.9 Å². The Hall–Kier alpha value is -1.22. The molecule has 1 aromatic carbocycles. The number of nitrogens with zero attached hydrogens (tertiary/aromatic N) is 1. The van der Waals surface area contributed by atoms with Crippen LogP contribution in [0.25, 0.3) is 0 Å². The first-order chi connectivity index (χ1) is 8.74. The molecule has 0 bridgehead atoms. The molecule has 1 atom stereocenters. The van der Waals surface area contributed by atoms with Crippen molar-refractivity contribution in [3.8, 4) is 11.5 Å². The van der Waals surface area contributed by atoms with Gasteiger partial charge in [-0.3, -0.25) is 0 Å². The van der Waals surface area contributed by atoms with Crippen molar-refractivity contribution < 1.29 is 9.84 Å². The Morgan fingerprint density at radius 1 is 1.44 bits per heavy atom. The second-order valence-corrected chi connectivity index (χ2v) is 5.07. The number of phenolic OH excluding ortho intramolecular Hbond substituents is 1. The van der Waals surface area contributed by atoms with Crippen molar-refractivity contribution in [3.05, 3.63) is 23.8 Å². The lowest BCUT2D eigenvalue weighted by molar-refractivity contribution is 0.208. The number of rotatable bonds is 4. The molecule has 100 valence electrons.